The van der Waals surface area contributed by atoms with Crippen LogP contribution >= 0.6 is 0 Å². The van der Waals surface area contributed by atoms with Crippen LogP contribution in [0.2, 0.25) is 0 Å². The molecule has 0 aromatic heterocycles. The molecule has 0 saturated carbocycles. The van der Waals surface area contributed by atoms with Gasteiger partial charge in [-0.3, -0.25) is 10.1 Å². The maximum absolute atomic E-state index is 11.9. The second-order valence-electron chi connectivity index (χ2n) is 6.11. The molecule has 1 rings (SSSR count). The van der Waals surface area contributed by atoms with Crippen LogP contribution in [0.3, 0.4) is 0 Å². The molecule has 0 bridgehead atoms. The molecule has 23 heavy (non-hydrogen) atoms. The van der Waals surface area contributed by atoms with E-state index < -0.39 is 24.8 Å². The van der Waals surface area contributed by atoms with E-state index in [-0.39, 0.29) is 11.9 Å². The van der Waals surface area contributed by atoms with Gasteiger partial charge in [-0.05, 0) is 50.4 Å². The molecular formula is C15H22BNO6. The van der Waals surface area contributed by atoms with Crippen molar-refractivity contribution in [1.29, 1.82) is 0 Å². The first-order chi connectivity index (χ1) is 10.5. The van der Waals surface area contributed by atoms with E-state index in [1.165, 1.54) is 13.2 Å². The number of methoxy groups -OCH3 is 1. The molecule has 7 nitrogen and oxygen atoms in total. The fourth-order valence-corrected chi connectivity index (χ4v) is 1.95. The van der Waals surface area contributed by atoms with E-state index in [4.69, 9.17) is 4.74 Å². The fraction of sp³-hybridized carbons (Fsp3) is 0.467. The summed E-state index contributed by atoms with van der Waals surface area (Å²) in [6.07, 6.45) is -0.728. The quantitative estimate of drug-likeness (QED) is 0.557. The molecule has 0 unspecified atom stereocenters. The molecular weight excluding hydrogens is 301 g/mol. The Balaban J connectivity index is 3.13. The van der Waals surface area contributed by atoms with E-state index in [0.717, 1.165) is 0 Å². The van der Waals surface area contributed by atoms with Gasteiger partial charge in [0.1, 0.15) is 5.60 Å². The molecule has 126 valence electrons. The average Bonchev–Trinajstić information content (AvgIpc) is 2.39. The lowest BCUT2D eigenvalue weighted by Gasteiger charge is -2.21. The minimum Gasteiger partial charge on any atom is -0.469 e. The number of ether oxygens (including phenoxy) is 2. The Morgan fingerprint density at radius 1 is 1.26 bits per heavy atom. The van der Waals surface area contributed by atoms with Crippen molar-refractivity contribution in [2.45, 2.75) is 39.7 Å². The Kier molecular flexibility index (Phi) is 6.17. The summed E-state index contributed by atoms with van der Waals surface area (Å²) in [6.45, 7) is 6.82. The molecule has 3 N–H and O–H groups in total. The first kappa shape index (κ1) is 19.0. The van der Waals surface area contributed by atoms with Crippen molar-refractivity contribution < 1.29 is 29.1 Å². The Hall–Kier alpha value is -2.06. The zero-order valence-electron chi connectivity index (χ0n) is 14.0. The summed E-state index contributed by atoms with van der Waals surface area (Å²) in [7, 11) is -0.468. The van der Waals surface area contributed by atoms with Gasteiger partial charge in [0.25, 0.3) is 0 Å². The van der Waals surface area contributed by atoms with Crippen LogP contribution in [-0.4, -0.2) is 41.9 Å². The van der Waals surface area contributed by atoms with Gasteiger partial charge in [0.2, 0.25) is 0 Å². The van der Waals surface area contributed by atoms with Crippen LogP contribution in [0.5, 0.6) is 0 Å². The number of carbonyl (C=O) groups excluding carboxylic acids is 2. The van der Waals surface area contributed by atoms with Gasteiger partial charge in [0, 0.05) is 5.69 Å². The first-order valence-corrected chi connectivity index (χ1v) is 7.10. The van der Waals surface area contributed by atoms with Crippen molar-refractivity contribution in [2.24, 2.45) is 0 Å². The number of esters is 1. The Morgan fingerprint density at radius 2 is 1.87 bits per heavy atom. The average molecular weight is 323 g/mol. The molecule has 0 spiro atoms. The second kappa shape index (κ2) is 7.48. The molecule has 0 saturated heterocycles. The third kappa shape index (κ3) is 5.92. The zero-order chi connectivity index (χ0) is 17.8. The van der Waals surface area contributed by atoms with Gasteiger partial charge in [-0.2, -0.15) is 0 Å². The van der Waals surface area contributed by atoms with Crippen LogP contribution in [0.25, 0.3) is 0 Å². The number of hydrogen-bond acceptors (Lipinski definition) is 6. The zero-order valence-corrected chi connectivity index (χ0v) is 14.0. The summed E-state index contributed by atoms with van der Waals surface area (Å²) >= 11 is 0. The molecule has 0 aliphatic heterocycles. The molecule has 0 radical (unpaired) electrons. The number of carbonyl (C=O) groups is 2. The normalized spacial score (nSPS) is 10.9. The highest BCUT2D eigenvalue weighted by Crippen LogP contribution is 2.18. The van der Waals surface area contributed by atoms with Crippen molar-refractivity contribution in [3.05, 3.63) is 23.3 Å². The fourth-order valence-electron chi connectivity index (χ4n) is 1.95. The largest absolute Gasteiger partial charge is 0.488 e. The molecule has 1 amide bonds. The van der Waals surface area contributed by atoms with Gasteiger partial charge in [-0.25, -0.2) is 4.79 Å². The van der Waals surface area contributed by atoms with E-state index >= 15 is 0 Å². The third-order valence-electron chi connectivity index (χ3n) is 3.00. The first-order valence-electron chi connectivity index (χ1n) is 7.10. The predicted octanol–water partition coefficient (Wildman–Crippen LogP) is 0.737. The smallest absolute Gasteiger partial charge is 0.469 e. The SMILES string of the molecule is COC(=O)Cc1cc(NC(=O)OC(C)(C)C)c(C)c(B(O)O)c1. The van der Waals surface area contributed by atoms with Crippen molar-refractivity contribution in [3.8, 4) is 0 Å². The molecule has 1 aromatic rings. The monoisotopic (exact) mass is 323 g/mol. The predicted molar refractivity (Wildman–Crippen MR) is 86.6 cm³/mol. The highest BCUT2D eigenvalue weighted by molar-refractivity contribution is 6.59. The summed E-state index contributed by atoms with van der Waals surface area (Å²) in [5, 5.41) is 21.5. The summed E-state index contributed by atoms with van der Waals surface area (Å²) in [5.41, 5.74) is 0.818. The van der Waals surface area contributed by atoms with Crippen molar-refractivity contribution in [2.75, 3.05) is 12.4 Å². The molecule has 0 aliphatic rings. The Morgan fingerprint density at radius 3 is 2.35 bits per heavy atom. The van der Waals surface area contributed by atoms with E-state index in [9.17, 15) is 19.6 Å². The molecule has 0 heterocycles. The Bertz CT molecular complexity index is 594. The molecule has 8 heteroatoms. The third-order valence-corrected chi connectivity index (χ3v) is 3.00. The van der Waals surface area contributed by atoms with Gasteiger partial charge in [-0.1, -0.05) is 6.07 Å². The van der Waals surface area contributed by atoms with Crippen molar-refractivity contribution in [1.82, 2.24) is 0 Å². The molecule has 0 fully saturated rings. The van der Waals surface area contributed by atoms with Crippen LogP contribution in [0.15, 0.2) is 12.1 Å². The van der Waals surface area contributed by atoms with Crippen LogP contribution in [0.4, 0.5) is 10.5 Å². The van der Waals surface area contributed by atoms with Crippen LogP contribution in [0, 0.1) is 6.92 Å². The van der Waals surface area contributed by atoms with Crippen molar-refractivity contribution >= 4 is 30.3 Å². The van der Waals surface area contributed by atoms with Gasteiger partial charge < -0.3 is 19.5 Å². The summed E-state index contributed by atoms with van der Waals surface area (Å²) in [4.78, 5) is 23.3. The lowest BCUT2D eigenvalue weighted by atomic mass is 9.75. The van der Waals surface area contributed by atoms with Crippen LogP contribution in [0.1, 0.15) is 31.9 Å². The lowest BCUT2D eigenvalue weighted by molar-refractivity contribution is -0.139. The topological polar surface area (TPSA) is 105 Å². The minimum atomic E-state index is -1.73. The summed E-state index contributed by atoms with van der Waals surface area (Å²) in [6, 6.07) is 3.05. The van der Waals surface area contributed by atoms with E-state index in [0.29, 0.717) is 16.8 Å². The standard InChI is InChI=1S/C15H22BNO6/c1-9-11(16(20)21)6-10(8-13(18)22-5)7-12(9)17-14(19)23-15(2,3)4/h6-7,20-21H,8H2,1-5H3,(H,17,19). The number of nitrogens with one attached hydrogen (secondary N) is 1. The van der Waals surface area contributed by atoms with Gasteiger partial charge in [0.05, 0.1) is 13.5 Å². The van der Waals surface area contributed by atoms with Gasteiger partial charge in [0.15, 0.2) is 0 Å². The van der Waals surface area contributed by atoms with Crippen molar-refractivity contribution in [3.63, 3.8) is 0 Å². The van der Waals surface area contributed by atoms with Gasteiger partial charge >= 0.3 is 19.2 Å². The molecule has 1 aromatic carbocycles. The van der Waals surface area contributed by atoms with Gasteiger partial charge in [-0.15, -0.1) is 0 Å². The lowest BCUT2D eigenvalue weighted by Crippen LogP contribution is -2.34. The second-order valence-corrected chi connectivity index (χ2v) is 6.11. The number of anilines is 1. The highest BCUT2D eigenvalue weighted by Gasteiger charge is 2.21. The summed E-state index contributed by atoms with van der Waals surface area (Å²) < 4.78 is 9.77. The minimum absolute atomic E-state index is 0.0561. The number of amides is 1. The number of benzene rings is 1. The van der Waals surface area contributed by atoms with E-state index in [1.54, 1.807) is 33.8 Å². The maximum Gasteiger partial charge on any atom is 0.488 e. The molecule has 0 atom stereocenters. The molecule has 0 aliphatic carbocycles. The number of rotatable bonds is 4. The summed E-state index contributed by atoms with van der Waals surface area (Å²) in [5.74, 6) is -0.476. The van der Waals surface area contributed by atoms with Crippen LogP contribution < -0.4 is 10.8 Å². The Labute approximate surface area is 135 Å². The van der Waals surface area contributed by atoms with Crippen LogP contribution in [-0.2, 0) is 20.7 Å². The van der Waals surface area contributed by atoms with E-state index in [1.807, 2.05) is 0 Å². The maximum atomic E-state index is 11.9. The number of hydrogen-bond donors (Lipinski definition) is 3. The highest BCUT2D eigenvalue weighted by atomic mass is 16.6. The van der Waals surface area contributed by atoms with E-state index in [2.05, 4.69) is 10.1 Å².